The van der Waals surface area contributed by atoms with Crippen molar-refractivity contribution in [1.82, 2.24) is 14.1 Å². The van der Waals surface area contributed by atoms with Gasteiger partial charge in [-0.3, -0.25) is 4.79 Å². The minimum absolute atomic E-state index is 0.00941. The van der Waals surface area contributed by atoms with E-state index < -0.39 is 15.8 Å². The highest BCUT2D eigenvalue weighted by atomic mass is 79.9. The number of carbonyl (C=O) groups is 1. The number of benzene rings is 2. The number of hydrogen-bond donors (Lipinski definition) is 1. The van der Waals surface area contributed by atoms with Gasteiger partial charge in [0.15, 0.2) is 0 Å². The maximum absolute atomic E-state index is 13.0. The van der Waals surface area contributed by atoms with Crippen molar-refractivity contribution >= 4 is 37.5 Å². The summed E-state index contributed by atoms with van der Waals surface area (Å²) in [5, 5.41) is 7.07. The van der Waals surface area contributed by atoms with Crippen LogP contribution in [0.25, 0.3) is 5.69 Å². The molecule has 7 nitrogen and oxygen atoms in total. The van der Waals surface area contributed by atoms with Crippen molar-refractivity contribution in [3.63, 3.8) is 0 Å². The van der Waals surface area contributed by atoms with E-state index in [9.17, 15) is 17.6 Å². The zero-order valence-corrected chi connectivity index (χ0v) is 18.5. The molecule has 1 heterocycles. The average Bonchev–Trinajstić information content (AvgIpc) is 3.14. The minimum atomic E-state index is -3.73. The Hall–Kier alpha value is -2.56. The molecular formula is C20H20BrFN4O3S. The number of aromatic nitrogens is 2. The maximum Gasteiger partial charge on any atom is 0.242 e. The van der Waals surface area contributed by atoms with Crippen LogP contribution in [0.1, 0.15) is 12.8 Å². The molecule has 0 saturated carbocycles. The van der Waals surface area contributed by atoms with Crippen molar-refractivity contribution in [2.24, 2.45) is 0 Å². The van der Waals surface area contributed by atoms with Gasteiger partial charge in [0.1, 0.15) is 5.82 Å². The van der Waals surface area contributed by atoms with E-state index in [0.29, 0.717) is 17.8 Å². The molecule has 0 saturated heterocycles. The van der Waals surface area contributed by atoms with Crippen molar-refractivity contribution in [1.29, 1.82) is 0 Å². The third-order valence-electron chi connectivity index (χ3n) is 4.37. The number of para-hydroxylation sites is 2. The smallest absolute Gasteiger partial charge is 0.242 e. The Kier molecular flexibility index (Phi) is 7.01. The fourth-order valence-electron chi connectivity index (χ4n) is 2.79. The van der Waals surface area contributed by atoms with Gasteiger partial charge in [-0.05, 0) is 58.7 Å². The Morgan fingerprint density at radius 2 is 1.90 bits per heavy atom. The summed E-state index contributed by atoms with van der Waals surface area (Å²) in [7, 11) is -2.30. The first kappa shape index (κ1) is 22.1. The number of nitrogens with one attached hydrogen (secondary N) is 1. The van der Waals surface area contributed by atoms with E-state index in [2.05, 4.69) is 26.3 Å². The van der Waals surface area contributed by atoms with Gasteiger partial charge in [0.25, 0.3) is 0 Å². The second kappa shape index (κ2) is 9.50. The molecule has 0 unspecified atom stereocenters. The van der Waals surface area contributed by atoms with E-state index in [4.69, 9.17) is 0 Å². The predicted octanol–water partition coefficient (Wildman–Crippen LogP) is 3.81. The van der Waals surface area contributed by atoms with E-state index in [1.807, 2.05) is 12.1 Å². The van der Waals surface area contributed by atoms with Crippen LogP contribution in [-0.2, 0) is 14.8 Å². The summed E-state index contributed by atoms with van der Waals surface area (Å²) in [4.78, 5) is 12.4. The van der Waals surface area contributed by atoms with E-state index >= 15 is 0 Å². The number of sulfonamides is 1. The lowest BCUT2D eigenvalue weighted by Gasteiger charge is -2.17. The van der Waals surface area contributed by atoms with Gasteiger partial charge in [-0.25, -0.2) is 21.8 Å². The molecular weight excluding hydrogens is 475 g/mol. The lowest BCUT2D eigenvalue weighted by Crippen LogP contribution is -2.28. The fourth-order valence-corrected chi connectivity index (χ4v) is 4.29. The second-order valence-electron chi connectivity index (χ2n) is 6.55. The number of halogens is 2. The number of carbonyl (C=O) groups excluding carboxylic acids is 1. The lowest BCUT2D eigenvalue weighted by molar-refractivity contribution is -0.116. The predicted molar refractivity (Wildman–Crippen MR) is 115 cm³/mol. The topological polar surface area (TPSA) is 84.3 Å². The molecule has 0 bridgehead atoms. The molecule has 1 aromatic heterocycles. The van der Waals surface area contributed by atoms with Crippen LogP contribution in [0.15, 0.2) is 70.3 Å². The molecule has 0 atom stereocenters. The third-order valence-corrected chi connectivity index (χ3v) is 6.66. The van der Waals surface area contributed by atoms with Crippen molar-refractivity contribution in [2.45, 2.75) is 17.7 Å². The molecule has 1 N–H and O–H groups in total. The van der Waals surface area contributed by atoms with Gasteiger partial charge in [-0.1, -0.05) is 12.1 Å². The van der Waals surface area contributed by atoms with Crippen LogP contribution in [0.2, 0.25) is 0 Å². The van der Waals surface area contributed by atoms with Crippen molar-refractivity contribution in [3.05, 3.63) is 71.2 Å². The van der Waals surface area contributed by atoms with Crippen molar-refractivity contribution in [3.8, 4) is 5.69 Å². The van der Waals surface area contributed by atoms with Crippen molar-refractivity contribution < 1.29 is 17.6 Å². The SMILES string of the molecule is CN(CCCC(=O)Nc1ccccc1-n1cc(Br)cn1)S(=O)(=O)c1ccc(F)cc1. The van der Waals surface area contributed by atoms with Crippen LogP contribution in [0, 0.1) is 5.82 Å². The van der Waals surface area contributed by atoms with E-state index in [0.717, 1.165) is 20.9 Å². The van der Waals surface area contributed by atoms with Crippen LogP contribution in [0.5, 0.6) is 0 Å². The number of nitrogens with zero attached hydrogens (tertiary/aromatic N) is 3. The zero-order valence-electron chi connectivity index (χ0n) is 16.1. The van der Waals surface area contributed by atoms with Gasteiger partial charge in [0.05, 0.1) is 26.9 Å². The Morgan fingerprint density at radius 1 is 1.20 bits per heavy atom. The Balaban J connectivity index is 1.57. The minimum Gasteiger partial charge on any atom is -0.324 e. The van der Waals surface area contributed by atoms with Crippen LogP contribution in [-0.4, -0.2) is 42.0 Å². The van der Waals surface area contributed by atoms with E-state index in [-0.39, 0.29) is 23.8 Å². The normalized spacial score (nSPS) is 11.6. The molecule has 0 radical (unpaired) electrons. The highest BCUT2D eigenvalue weighted by molar-refractivity contribution is 9.10. The summed E-state index contributed by atoms with van der Waals surface area (Å²) in [5.74, 6) is -0.739. The summed E-state index contributed by atoms with van der Waals surface area (Å²) in [5.41, 5.74) is 1.32. The molecule has 2 aromatic carbocycles. The average molecular weight is 495 g/mol. The van der Waals surface area contributed by atoms with Crippen LogP contribution >= 0.6 is 15.9 Å². The van der Waals surface area contributed by atoms with E-state index in [1.165, 1.54) is 19.2 Å². The summed E-state index contributed by atoms with van der Waals surface area (Å²) in [6.07, 6.45) is 3.90. The van der Waals surface area contributed by atoms with Crippen LogP contribution in [0.3, 0.4) is 0 Å². The second-order valence-corrected chi connectivity index (χ2v) is 9.51. The van der Waals surface area contributed by atoms with Gasteiger partial charge >= 0.3 is 0 Å². The molecule has 10 heteroatoms. The summed E-state index contributed by atoms with van der Waals surface area (Å²) in [6.45, 7) is 0.154. The zero-order chi connectivity index (χ0) is 21.7. The summed E-state index contributed by atoms with van der Waals surface area (Å²) in [6, 6.07) is 11.9. The first-order valence-corrected chi connectivity index (χ1v) is 11.3. The molecule has 3 rings (SSSR count). The Bertz CT molecular complexity index is 1130. The molecule has 158 valence electrons. The first-order valence-electron chi connectivity index (χ1n) is 9.09. The molecule has 0 spiro atoms. The fraction of sp³-hybridized carbons (Fsp3) is 0.200. The first-order chi connectivity index (χ1) is 14.3. The number of amides is 1. The molecule has 30 heavy (non-hydrogen) atoms. The van der Waals surface area contributed by atoms with Crippen molar-refractivity contribution in [2.75, 3.05) is 18.9 Å². The van der Waals surface area contributed by atoms with Crippen LogP contribution in [0.4, 0.5) is 10.1 Å². The van der Waals surface area contributed by atoms with Gasteiger partial charge in [0.2, 0.25) is 15.9 Å². The number of anilines is 1. The van der Waals surface area contributed by atoms with Gasteiger partial charge in [-0.15, -0.1) is 0 Å². The third kappa shape index (κ3) is 5.32. The lowest BCUT2D eigenvalue weighted by atomic mass is 10.2. The largest absolute Gasteiger partial charge is 0.324 e. The highest BCUT2D eigenvalue weighted by Gasteiger charge is 2.20. The molecule has 0 aliphatic heterocycles. The Morgan fingerprint density at radius 3 is 2.57 bits per heavy atom. The van der Waals surface area contributed by atoms with E-state index in [1.54, 1.807) is 29.2 Å². The van der Waals surface area contributed by atoms with Gasteiger partial charge in [0, 0.05) is 26.2 Å². The Labute approximate surface area is 182 Å². The molecule has 0 aliphatic carbocycles. The summed E-state index contributed by atoms with van der Waals surface area (Å²) >= 11 is 3.35. The van der Waals surface area contributed by atoms with Gasteiger partial charge in [-0.2, -0.15) is 5.10 Å². The number of rotatable bonds is 8. The van der Waals surface area contributed by atoms with Crippen LogP contribution < -0.4 is 5.32 Å². The summed E-state index contributed by atoms with van der Waals surface area (Å²) < 4.78 is 41.6. The van der Waals surface area contributed by atoms with Gasteiger partial charge < -0.3 is 5.32 Å². The highest BCUT2D eigenvalue weighted by Crippen LogP contribution is 2.21. The maximum atomic E-state index is 13.0. The quantitative estimate of drug-likeness (QED) is 0.515. The standard InChI is InChI=1S/C20H20BrFN4O3S/c1-25(30(28,29)17-10-8-16(22)9-11-17)12-4-7-20(27)24-18-5-2-3-6-19(18)26-14-15(21)13-23-26/h2-3,5-6,8-11,13-14H,4,7,12H2,1H3,(H,24,27). The molecule has 1 amide bonds. The molecule has 3 aromatic rings. The molecule has 0 fully saturated rings. The molecule has 0 aliphatic rings. The number of hydrogen-bond acceptors (Lipinski definition) is 4. The monoisotopic (exact) mass is 494 g/mol.